The molecule has 0 aliphatic carbocycles. The van der Waals surface area contributed by atoms with Crippen molar-refractivity contribution < 1.29 is 9.59 Å². The van der Waals surface area contributed by atoms with Crippen molar-refractivity contribution in [2.75, 3.05) is 20.1 Å². The molecule has 1 N–H and O–H groups in total. The molecule has 0 aromatic carbocycles. The quantitative estimate of drug-likeness (QED) is 0.719. The van der Waals surface area contributed by atoms with E-state index >= 15 is 0 Å². The van der Waals surface area contributed by atoms with Crippen molar-refractivity contribution in [3.8, 4) is 0 Å². The minimum atomic E-state index is -0.366. The van der Waals surface area contributed by atoms with Crippen LogP contribution in [0, 0.1) is 11.8 Å². The highest BCUT2D eigenvalue weighted by Gasteiger charge is 2.21. The lowest BCUT2D eigenvalue weighted by molar-refractivity contribution is -0.128. The van der Waals surface area contributed by atoms with Gasteiger partial charge in [-0.1, -0.05) is 34.1 Å². The number of likely N-dealkylation sites (N-methyl/N-ethyl adjacent to an activating group) is 1. The van der Waals surface area contributed by atoms with Gasteiger partial charge in [0.25, 0.3) is 0 Å². The molecule has 18 heavy (non-hydrogen) atoms. The van der Waals surface area contributed by atoms with E-state index in [-0.39, 0.29) is 23.7 Å². The summed E-state index contributed by atoms with van der Waals surface area (Å²) >= 11 is 0. The predicted molar refractivity (Wildman–Crippen MR) is 74.4 cm³/mol. The van der Waals surface area contributed by atoms with Crippen LogP contribution in [0.2, 0.25) is 0 Å². The minimum absolute atomic E-state index is 0.0166. The Bertz CT molecular complexity index is 277. The van der Waals surface area contributed by atoms with Crippen molar-refractivity contribution in [3.05, 3.63) is 0 Å². The minimum Gasteiger partial charge on any atom is -0.345 e. The number of hydrogen-bond donors (Lipinski definition) is 1. The topological polar surface area (TPSA) is 49.4 Å². The van der Waals surface area contributed by atoms with Crippen LogP contribution in [0.25, 0.3) is 0 Å². The molecular formula is C14H28N2O2. The Labute approximate surface area is 111 Å². The van der Waals surface area contributed by atoms with Crippen molar-refractivity contribution >= 4 is 11.7 Å². The van der Waals surface area contributed by atoms with Gasteiger partial charge >= 0.3 is 0 Å². The Morgan fingerprint density at radius 1 is 1.22 bits per heavy atom. The second-order valence-corrected chi connectivity index (χ2v) is 5.61. The van der Waals surface area contributed by atoms with E-state index in [1.54, 1.807) is 0 Å². The zero-order chi connectivity index (χ0) is 14.3. The maximum Gasteiger partial charge on any atom is 0.234 e. The molecule has 0 bridgehead atoms. The number of carbonyl (C=O) groups excluding carboxylic acids is 2. The van der Waals surface area contributed by atoms with Crippen LogP contribution in [0.15, 0.2) is 0 Å². The molecular weight excluding hydrogens is 228 g/mol. The van der Waals surface area contributed by atoms with Crippen LogP contribution in [-0.2, 0) is 9.59 Å². The molecule has 0 fully saturated rings. The average Bonchev–Trinajstić information content (AvgIpc) is 2.24. The summed E-state index contributed by atoms with van der Waals surface area (Å²) in [5, 5.41) is 2.81. The first-order valence-electron chi connectivity index (χ1n) is 6.76. The molecule has 0 aliphatic rings. The lowest BCUT2D eigenvalue weighted by Gasteiger charge is -2.23. The van der Waals surface area contributed by atoms with Crippen LogP contribution in [0.4, 0.5) is 0 Å². The van der Waals surface area contributed by atoms with Crippen LogP contribution in [0.1, 0.15) is 41.0 Å². The van der Waals surface area contributed by atoms with E-state index < -0.39 is 0 Å². The Balaban J connectivity index is 4.20. The average molecular weight is 256 g/mol. The van der Waals surface area contributed by atoms with Crippen LogP contribution < -0.4 is 5.32 Å². The third-order valence-electron chi connectivity index (χ3n) is 3.15. The Morgan fingerprint density at radius 3 is 2.17 bits per heavy atom. The number of carbonyl (C=O) groups is 2. The van der Waals surface area contributed by atoms with Crippen LogP contribution in [0.3, 0.4) is 0 Å². The van der Waals surface area contributed by atoms with Gasteiger partial charge in [0.1, 0.15) is 0 Å². The van der Waals surface area contributed by atoms with Crippen molar-refractivity contribution in [3.63, 3.8) is 0 Å². The third-order valence-corrected chi connectivity index (χ3v) is 3.15. The molecule has 0 aromatic rings. The number of nitrogens with one attached hydrogen (secondary N) is 1. The number of nitrogens with zero attached hydrogens (tertiary/aromatic N) is 1. The molecule has 1 amide bonds. The first-order chi connectivity index (χ1) is 8.27. The molecule has 4 heteroatoms. The maximum absolute atomic E-state index is 11.8. The van der Waals surface area contributed by atoms with Gasteiger partial charge in [-0.25, -0.2) is 0 Å². The molecule has 0 spiro atoms. The van der Waals surface area contributed by atoms with Gasteiger partial charge in [-0.05, 0) is 25.8 Å². The molecule has 106 valence electrons. The molecule has 0 rings (SSSR count). The number of ketones is 1. The van der Waals surface area contributed by atoms with Gasteiger partial charge in [-0.15, -0.1) is 0 Å². The summed E-state index contributed by atoms with van der Waals surface area (Å²) in [6.07, 6.45) is 1.11. The second kappa shape index (κ2) is 8.25. The first-order valence-corrected chi connectivity index (χ1v) is 6.76. The van der Waals surface area contributed by atoms with Crippen molar-refractivity contribution in [2.45, 2.75) is 47.1 Å². The van der Waals surface area contributed by atoms with E-state index in [1.165, 1.54) is 6.92 Å². The number of amides is 1. The summed E-state index contributed by atoms with van der Waals surface area (Å²) in [5.41, 5.74) is 0. The molecule has 0 radical (unpaired) electrons. The van der Waals surface area contributed by atoms with E-state index in [9.17, 15) is 9.59 Å². The predicted octanol–water partition coefficient (Wildman–Crippen LogP) is 1.69. The second-order valence-electron chi connectivity index (χ2n) is 5.61. The summed E-state index contributed by atoms with van der Waals surface area (Å²) in [4.78, 5) is 25.2. The van der Waals surface area contributed by atoms with Crippen molar-refractivity contribution in [1.82, 2.24) is 10.2 Å². The van der Waals surface area contributed by atoms with Gasteiger partial charge in [0.05, 0.1) is 12.6 Å². The zero-order valence-corrected chi connectivity index (χ0v) is 12.6. The lowest BCUT2D eigenvalue weighted by Crippen LogP contribution is -2.47. The maximum atomic E-state index is 11.8. The first kappa shape index (κ1) is 17.1. The lowest BCUT2D eigenvalue weighted by atomic mass is 10.0. The zero-order valence-electron chi connectivity index (χ0n) is 12.6. The fraction of sp³-hybridized carbons (Fsp3) is 0.857. The van der Waals surface area contributed by atoms with Gasteiger partial charge in [0.15, 0.2) is 5.78 Å². The van der Waals surface area contributed by atoms with E-state index in [2.05, 4.69) is 19.2 Å². The van der Waals surface area contributed by atoms with Crippen LogP contribution in [-0.4, -0.2) is 42.8 Å². The number of Topliss-reactive ketones (excluding diaryl/α,β-unsaturated/α-hetero) is 1. The molecule has 0 aromatic heterocycles. The summed E-state index contributed by atoms with van der Waals surface area (Å²) in [7, 11) is 1.93. The molecule has 0 aliphatic heterocycles. The van der Waals surface area contributed by atoms with Crippen LogP contribution in [0.5, 0.6) is 0 Å². The molecule has 0 heterocycles. The van der Waals surface area contributed by atoms with Gasteiger partial charge in [0.2, 0.25) is 5.91 Å². The molecule has 0 saturated heterocycles. The third kappa shape index (κ3) is 6.74. The summed E-state index contributed by atoms with van der Waals surface area (Å²) in [6, 6.07) is -0.366. The standard InChI is InChI=1S/C14H28N2O2/c1-7-11(4)8-16(6)9-13(18)15-14(10(2)3)12(5)17/h10-11,14H,7-9H2,1-6H3,(H,15,18). The highest BCUT2D eigenvalue weighted by molar-refractivity contribution is 5.88. The highest BCUT2D eigenvalue weighted by Crippen LogP contribution is 2.04. The molecule has 2 atom stereocenters. The summed E-state index contributed by atoms with van der Waals surface area (Å²) < 4.78 is 0. The summed E-state index contributed by atoms with van der Waals surface area (Å²) in [5.74, 6) is 0.653. The Kier molecular flexibility index (Phi) is 7.83. The smallest absolute Gasteiger partial charge is 0.234 e. The SMILES string of the molecule is CCC(C)CN(C)CC(=O)NC(C(C)=O)C(C)C. The molecule has 0 saturated carbocycles. The molecule has 2 unspecified atom stereocenters. The van der Waals surface area contributed by atoms with Crippen molar-refractivity contribution in [2.24, 2.45) is 11.8 Å². The normalized spacial score (nSPS) is 14.7. The summed E-state index contributed by atoms with van der Waals surface area (Å²) in [6.45, 7) is 11.0. The number of rotatable bonds is 8. The van der Waals surface area contributed by atoms with E-state index in [0.717, 1.165) is 13.0 Å². The monoisotopic (exact) mass is 256 g/mol. The van der Waals surface area contributed by atoms with E-state index in [0.29, 0.717) is 12.5 Å². The molecule has 4 nitrogen and oxygen atoms in total. The van der Waals surface area contributed by atoms with Gasteiger partial charge in [0, 0.05) is 6.54 Å². The Morgan fingerprint density at radius 2 is 1.78 bits per heavy atom. The number of hydrogen-bond acceptors (Lipinski definition) is 3. The van der Waals surface area contributed by atoms with Crippen LogP contribution >= 0.6 is 0 Å². The van der Waals surface area contributed by atoms with E-state index in [1.807, 2.05) is 25.8 Å². The van der Waals surface area contributed by atoms with Gasteiger partial charge < -0.3 is 5.32 Å². The van der Waals surface area contributed by atoms with Crippen molar-refractivity contribution in [1.29, 1.82) is 0 Å². The fourth-order valence-electron chi connectivity index (χ4n) is 1.93. The van der Waals surface area contributed by atoms with E-state index in [4.69, 9.17) is 0 Å². The van der Waals surface area contributed by atoms with Gasteiger partial charge in [-0.2, -0.15) is 0 Å². The largest absolute Gasteiger partial charge is 0.345 e. The Hall–Kier alpha value is -0.900. The van der Waals surface area contributed by atoms with Gasteiger partial charge in [-0.3, -0.25) is 14.5 Å². The highest BCUT2D eigenvalue weighted by atomic mass is 16.2. The fourth-order valence-corrected chi connectivity index (χ4v) is 1.93.